The van der Waals surface area contributed by atoms with Gasteiger partial charge in [0.25, 0.3) is 0 Å². The first kappa shape index (κ1) is 28.7. The van der Waals surface area contributed by atoms with Crippen molar-refractivity contribution in [3.05, 3.63) is 75.8 Å². The van der Waals surface area contributed by atoms with Crippen LogP contribution in [-0.4, -0.2) is 63.2 Å². The van der Waals surface area contributed by atoms with E-state index >= 15 is 0 Å². The lowest BCUT2D eigenvalue weighted by Crippen LogP contribution is -2.42. The van der Waals surface area contributed by atoms with E-state index in [1.54, 1.807) is 0 Å². The molecule has 1 aliphatic heterocycles. The Morgan fingerprint density at radius 2 is 1.85 bits per heavy atom. The minimum atomic E-state index is -0.597. The summed E-state index contributed by atoms with van der Waals surface area (Å²) in [6.45, 7) is 8.13. The van der Waals surface area contributed by atoms with Crippen molar-refractivity contribution in [3.63, 3.8) is 0 Å². The molecule has 0 spiro atoms. The van der Waals surface area contributed by atoms with Crippen LogP contribution in [0.15, 0.2) is 36.4 Å². The maximum absolute atomic E-state index is 14.9. The van der Waals surface area contributed by atoms with Crippen molar-refractivity contribution in [2.24, 2.45) is 5.92 Å². The summed E-state index contributed by atoms with van der Waals surface area (Å²) in [4.78, 5) is 22.9. The van der Waals surface area contributed by atoms with E-state index in [1.165, 1.54) is 12.1 Å². The number of carbonyl (C=O) groups excluding carboxylic acids is 1. The van der Waals surface area contributed by atoms with Crippen molar-refractivity contribution >= 4 is 17.5 Å². The number of aryl methyl sites for hydroxylation is 2. The molecule has 5 rings (SSSR count). The average Bonchev–Trinajstić information content (AvgIpc) is 3.54. The van der Waals surface area contributed by atoms with E-state index in [0.29, 0.717) is 42.3 Å². The Morgan fingerprint density at radius 1 is 1.10 bits per heavy atom. The molecule has 3 atom stereocenters. The zero-order chi connectivity index (χ0) is 28.6. The number of amides is 1. The van der Waals surface area contributed by atoms with E-state index in [-0.39, 0.29) is 29.7 Å². The van der Waals surface area contributed by atoms with Gasteiger partial charge < -0.3 is 9.80 Å². The lowest BCUT2D eigenvalue weighted by atomic mass is 9.86. The monoisotopic (exact) mass is 569 g/mol. The van der Waals surface area contributed by atoms with Gasteiger partial charge in [-0.2, -0.15) is 5.10 Å². The second kappa shape index (κ2) is 12.0. The second-order valence-corrected chi connectivity index (χ2v) is 11.9. The highest BCUT2D eigenvalue weighted by Gasteiger charge is 2.44. The molecule has 1 amide bonds. The van der Waals surface area contributed by atoms with Crippen LogP contribution in [0.4, 0.5) is 8.78 Å². The summed E-state index contributed by atoms with van der Waals surface area (Å²) in [6, 6.07) is 9.79. The molecule has 1 saturated carbocycles. The van der Waals surface area contributed by atoms with Crippen LogP contribution in [0.2, 0.25) is 5.02 Å². The highest BCUT2D eigenvalue weighted by molar-refractivity contribution is 6.31. The third kappa shape index (κ3) is 5.79. The van der Waals surface area contributed by atoms with Crippen LogP contribution < -0.4 is 0 Å². The van der Waals surface area contributed by atoms with E-state index in [9.17, 15) is 13.6 Å². The quantitative estimate of drug-likeness (QED) is 0.329. The second-order valence-electron chi connectivity index (χ2n) is 11.4. The normalized spacial score (nSPS) is 21.9. The van der Waals surface area contributed by atoms with Crippen LogP contribution in [0, 0.1) is 31.4 Å². The molecule has 2 fully saturated rings. The summed E-state index contributed by atoms with van der Waals surface area (Å²) in [5.41, 5.74) is 2.35. The molecule has 9 heteroatoms. The minimum Gasteiger partial charge on any atom is -0.342 e. The fourth-order valence-electron chi connectivity index (χ4n) is 6.56. The molecule has 6 nitrogen and oxygen atoms in total. The van der Waals surface area contributed by atoms with E-state index in [0.717, 1.165) is 48.9 Å². The van der Waals surface area contributed by atoms with Gasteiger partial charge in [-0.25, -0.2) is 18.4 Å². The zero-order valence-electron chi connectivity index (χ0n) is 23.7. The molecule has 1 aromatic heterocycles. The van der Waals surface area contributed by atoms with Crippen LogP contribution in [0.1, 0.15) is 73.6 Å². The standard InChI is InChI=1S/C31H38ClF2N5O/c1-5-12-37(4)24-17-26(25-8-6-22(33)16-29(25)34)27(18-24)31(40)38-13-10-21(11-14-38)30-35-20(3)36-39(30)23-7-9-28(32)19(2)15-23/h6-9,15-16,21,24,26-27H,5,10-14,17-18H2,1-4H3/t24-,26+,27-/m1/s1. The van der Waals surface area contributed by atoms with Crippen molar-refractivity contribution in [3.8, 4) is 5.69 Å². The maximum atomic E-state index is 14.9. The molecular weight excluding hydrogens is 532 g/mol. The van der Waals surface area contributed by atoms with Gasteiger partial charge >= 0.3 is 0 Å². The predicted octanol–water partition coefficient (Wildman–Crippen LogP) is 6.43. The number of likely N-dealkylation sites (tertiary alicyclic amines) is 1. The molecule has 2 aliphatic rings. The first-order valence-corrected chi connectivity index (χ1v) is 14.7. The Labute approximate surface area is 240 Å². The summed E-state index contributed by atoms with van der Waals surface area (Å²) in [5.74, 6) is 0.0910. The molecule has 2 heterocycles. The molecule has 0 unspecified atom stereocenters. The van der Waals surface area contributed by atoms with Crippen LogP contribution in [0.5, 0.6) is 0 Å². The third-order valence-corrected chi connectivity index (χ3v) is 9.14. The van der Waals surface area contributed by atoms with Crippen molar-refractivity contribution in [2.75, 3.05) is 26.7 Å². The first-order valence-electron chi connectivity index (χ1n) is 14.3. The Morgan fingerprint density at radius 3 is 2.52 bits per heavy atom. The van der Waals surface area contributed by atoms with Crippen molar-refractivity contribution in [2.45, 2.75) is 70.8 Å². The van der Waals surface area contributed by atoms with Gasteiger partial charge in [-0.15, -0.1) is 0 Å². The number of benzene rings is 2. The molecule has 1 saturated heterocycles. The van der Waals surface area contributed by atoms with Gasteiger partial charge in [-0.3, -0.25) is 4.79 Å². The topological polar surface area (TPSA) is 54.3 Å². The lowest BCUT2D eigenvalue weighted by molar-refractivity contribution is -0.137. The number of halogens is 3. The summed E-state index contributed by atoms with van der Waals surface area (Å²) < 4.78 is 30.5. The molecule has 0 radical (unpaired) electrons. The van der Waals surface area contributed by atoms with Gasteiger partial charge in [-0.1, -0.05) is 24.6 Å². The van der Waals surface area contributed by atoms with E-state index in [1.807, 2.05) is 41.6 Å². The largest absolute Gasteiger partial charge is 0.342 e. The molecule has 3 aromatic rings. The fourth-order valence-corrected chi connectivity index (χ4v) is 6.68. The summed E-state index contributed by atoms with van der Waals surface area (Å²) in [6.07, 6.45) is 3.93. The first-order chi connectivity index (χ1) is 19.2. The van der Waals surface area contributed by atoms with Gasteiger partial charge in [-0.05, 0) is 101 Å². The summed E-state index contributed by atoms with van der Waals surface area (Å²) >= 11 is 6.25. The van der Waals surface area contributed by atoms with E-state index in [4.69, 9.17) is 16.6 Å². The number of hydrogen-bond donors (Lipinski definition) is 0. The average molecular weight is 570 g/mol. The van der Waals surface area contributed by atoms with Crippen molar-refractivity contribution in [1.82, 2.24) is 24.6 Å². The summed E-state index contributed by atoms with van der Waals surface area (Å²) in [7, 11) is 2.07. The van der Waals surface area contributed by atoms with Crippen LogP contribution in [0.3, 0.4) is 0 Å². The van der Waals surface area contributed by atoms with Gasteiger partial charge in [0.1, 0.15) is 23.3 Å². The van der Waals surface area contributed by atoms with Crippen LogP contribution >= 0.6 is 11.6 Å². The van der Waals surface area contributed by atoms with Crippen LogP contribution in [-0.2, 0) is 4.79 Å². The van der Waals surface area contributed by atoms with Crippen molar-refractivity contribution in [1.29, 1.82) is 0 Å². The molecule has 0 N–H and O–H groups in total. The van der Waals surface area contributed by atoms with Gasteiger partial charge in [0, 0.05) is 42.1 Å². The molecule has 2 aromatic carbocycles. The van der Waals surface area contributed by atoms with Crippen molar-refractivity contribution < 1.29 is 13.6 Å². The highest BCUT2D eigenvalue weighted by atomic mass is 35.5. The fraction of sp³-hybridized carbons (Fsp3) is 0.516. The molecule has 0 bridgehead atoms. The third-order valence-electron chi connectivity index (χ3n) is 8.71. The zero-order valence-corrected chi connectivity index (χ0v) is 24.5. The SMILES string of the molecule is CCCN(C)[C@H]1C[C@@H](C(=O)N2CCC(c3nc(C)nn3-c3ccc(Cl)c(C)c3)CC2)[C@H](c2ccc(F)cc2F)C1. The van der Waals surface area contributed by atoms with E-state index in [2.05, 4.69) is 24.0 Å². The van der Waals surface area contributed by atoms with Gasteiger partial charge in [0.05, 0.1) is 5.69 Å². The van der Waals surface area contributed by atoms with E-state index < -0.39 is 11.6 Å². The number of piperidine rings is 1. The smallest absolute Gasteiger partial charge is 0.226 e. The predicted molar refractivity (Wildman–Crippen MR) is 153 cm³/mol. The molecular formula is C31H38ClF2N5O. The highest BCUT2D eigenvalue weighted by Crippen LogP contribution is 2.44. The lowest BCUT2D eigenvalue weighted by Gasteiger charge is -2.34. The Balaban J connectivity index is 1.33. The maximum Gasteiger partial charge on any atom is 0.226 e. The number of nitrogens with zero attached hydrogens (tertiary/aromatic N) is 5. The Kier molecular flexibility index (Phi) is 8.57. The number of aromatic nitrogens is 3. The number of hydrogen-bond acceptors (Lipinski definition) is 4. The van der Waals surface area contributed by atoms with Gasteiger partial charge in [0.15, 0.2) is 0 Å². The molecule has 1 aliphatic carbocycles. The minimum absolute atomic E-state index is 0.0746. The Bertz CT molecular complexity index is 1370. The van der Waals surface area contributed by atoms with Gasteiger partial charge in [0.2, 0.25) is 5.91 Å². The molecule has 40 heavy (non-hydrogen) atoms. The Hall–Kier alpha value is -2.84. The summed E-state index contributed by atoms with van der Waals surface area (Å²) in [5, 5.41) is 5.37. The van der Waals surface area contributed by atoms with Crippen LogP contribution in [0.25, 0.3) is 5.69 Å². The number of rotatable bonds is 7. The number of carbonyl (C=O) groups is 1. The molecule has 214 valence electrons.